The lowest BCUT2D eigenvalue weighted by Crippen LogP contribution is -2.56. The van der Waals surface area contributed by atoms with E-state index in [2.05, 4.69) is 5.32 Å². The molecule has 0 spiro atoms. The van der Waals surface area contributed by atoms with Crippen molar-refractivity contribution in [2.24, 2.45) is 0 Å². The zero-order chi connectivity index (χ0) is 32.8. The van der Waals surface area contributed by atoms with E-state index in [1.54, 1.807) is 48.5 Å². The van der Waals surface area contributed by atoms with E-state index in [9.17, 15) is 18.0 Å². The van der Waals surface area contributed by atoms with Gasteiger partial charge in [-0.2, -0.15) is 0 Å². The number of nitrogens with one attached hydrogen (secondary N) is 1. The minimum atomic E-state index is -4.17. The number of aryl methyl sites for hydroxylation is 1. The molecule has 2 amide bonds. The van der Waals surface area contributed by atoms with Gasteiger partial charge in [-0.15, -0.1) is 0 Å². The van der Waals surface area contributed by atoms with Crippen molar-refractivity contribution in [1.82, 2.24) is 10.2 Å². The van der Waals surface area contributed by atoms with Gasteiger partial charge in [0.25, 0.3) is 10.0 Å². The highest BCUT2D eigenvalue weighted by Crippen LogP contribution is 2.29. The third-order valence-corrected chi connectivity index (χ3v) is 9.48. The van der Waals surface area contributed by atoms with Gasteiger partial charge >= 0.3 is 0 Å². The van der Waals surface area contributed by atoms with Gasteiger partial charge in [0.2, 0.25) is 11.8 Å². The Morgan fingerprint density at radius 2 is 1.42 bits per heavy atom. The molecule has 0 aliphatic heterocycles. The van der Waals surface area contributed by atoms with Gasteiger partial charge in [-0.05, 0) is 87.2 Å². The van der Waals surface area contributed by atoms with Crippen LogP contribution in [0.25, 0.3) is 0 Å². The van der Waals surface area contributed by atoms with E-state index in [0.717, 1.165) is 21.0 Å². The Hall–Kier alpha value is -4.14. The van der Waals surface area contributed by atoms with E-state index in [0.29, 0.717) is 16.3 Å². The first-order chi connectivity index (χ1) is 21.3. The Balaban J connectivity index is 1.84. The fourth-order valence-corrected chi connectivity index (χ4v) is 6.78. The van der Waals surface area contributed by atoms with E-state index in [4.69, 9.17) is 11.6 Å². The number of nitrogens with zero attached hydrogens (tertiary/aromatic N) is 2. The molecule has 7 nitrogen and oxygen atoms in total. The molecule has 1 N–H and O–H groups in total. The van der Waals surface area contributed by atoms with E-state index >= 15 is 0 Å². The molecule has 0 aliphatic rings. The minimum Gasteiger partial charge on any atom is -0.350 e. The van der Waals surface area contributed by atoms with Crippen LogP contribution >= 0.6 is 11.6 Å². The molecule has 0 aromatic heterocycles. The number of sulfonamides is 1. The second-order valence-corrected chi connectivity index (χ2v) is 14.4. The number of carbonyl (C=O) groups is 2. The predicted molar refractivity (Wildman–Crippen MR) is 181 cm³/mol. The number of halogens is 1. The SMILES string of the molecule is Cc1cccc(N(CC(=O)N(Cc2cccc(Cl)c2)[C@H](Cc2ccccc2)C(=O)NC(C)(C)C)S(=O)(=O)c2ccccc2)c1C. The molecule has 0 heterocycles. The Kier molecular flexibility index (Phi) is 10.7. The number of anilines is 1. The van der Waals surface area contributed by atoms with E-state index in [-0.39, 0.29) is 23.8 Å². The van der Waals surface area contributed by atoms with Crippen molar-refractivity contribution in [3.05, 3.63) is 130 Å². The Morgan fingerprint density at radius 1 is 0.822 bits per heavy atom. The highest BCUT2D eigenvalue weighted by atomic mass is 35.5. The van der Waals surface area contributed by atoms with Crippen molar-refractivity contribution in [1.29, 1.82) is 0 Å². The summed E-state index contributed by atoms with van der Waals surface area (Å²) in [5, 5.41) is 3.53. The van der Waals surface area contributed by atoms with Crippen LogP contribution in [-0.4, -0.2) is 43.3 Å². The van der Waals surface area contributed by atoms with Crippen LogP contribution in [0.2, 0.25) is 5.02 Å². The van der Waals surface area contributed by atoms with Gasteiger partial charge in [0, 0.05) is 23.5 Å². The summed E-state index contributed by atoms with van der Waals surface area (Å²) in [5.74, 6) is -0.869. The van der Waals surface area contributed by atoms with E-state index in [1.165, 1.54) is 17.0 Å². The maximum absolute atomic E-state index is 14.6. The maximum Gasteiger partial charge on any atom is 0.264 e. The molecule has 4 aromatic carbocycles. The molecule has 0 unspecified atom stereocenters. The normalized spacial score (nSPS) is 12.3. The monoisotopic (exact) mass is 645 g/mol. The number of amides is 2. The molecule has 1 atom stereocenters. The van der Waals surface area contributed by atoms with Gasteiger partial charge in [0.15, 0.2) is 0 Å². The second kappa shape index (κ2) is 14.3. The summed E-state index contributed by atoms with van der Waals surface area (Å²) in [6, 6.07) is 29.0. The summed E-state index contributed by atoms with van der Waals surface area (Å²) in [6.45, 7) is 8.89. The van der Waals surface area contributed by atoms with Crippen molar-refractivity contribution in [2.75, 3.05) is 10.8 Å². The highest BCUT2D eigenvalue weighted by molar-refractivity contribution is 7.92. The Bertz CT molecular complexity index is 1740. The predicted octanol–water partition coefficient (Wildman–Crippen LogP) is 6.71. The van der Waals surface area contributed by atoms with Crippen molar-refractivity contribution >= 4 is 39.1 Å². The quantitative estimate of drug-likeness (QED) is 0.197. The standard InChI is InChI=1S/C36H40ClN3O4S/c1-26-14-12-21-32(27(26)2)40(45(43,44)31-19-10-7-11-20-31)25-34(41)39(24-29-17-13-18-30(37)22-29)33(35(42)38-36(3,4)5)23-28-15-8-6-9-16-28/h6-22,33H,23-25H2,1-5H3,(H,38,42)/t33-/m1/s1. The smallest absolute Gasteiger partial charge is 0.264 e. The van der Waals surface area contributed by atoms with Crippen LogP contribution in [0.15, 0.2) is 108 Å². The first-order valence-electron chi connectivity index (χ1n) is 14.8. The number of hydrogen-bond acceptors (Lipinski definition) is 4. The van der Waals surface area contributed by atoms with Crippen LogP contribution in [0.5, 0.6) is 0 Å². The zero-order valence-corrected chi connectivity index (χ0v) is 27.9. The molecule has 45 heavy (non-hydrogen) atoms. The van der Waals surface area contributed by atoms with Gasteiger partial charge in [0.1, 0.15) is 12.6 Å². The third kappa shape index (κ3) is 8.74. The number of hydrogen-bond donors (Lipinski definition) is 1. The first-order valence-corrected chi connectivity index (χ1v) is 16.6. The van der Waals surface area contributed by atoms with Gasteiger partial charge in [-0.1, -0.05) is 84.4 Å². The molecule has 0 saturated carbocycles. The molecule has 0 aliphatic carbocycles. The van der Waals surface area contributed by atoms with Crippen molar-refractivity contribution in [3.8, 4) is 0 Å². The largest absolute Gasteiger partial charge is 0.350 e. The summed E-state index contributed by atoms with van der Waals surface area (Å²) in [4.78, 5) is 30.1. The molecule has 0 radical (unpaired) electrons. The number of carbonyl (C=O) groups excluding carboxylic acids is 2. The third-order valence-electron chi connectivity index (χ3n) is 7.47. The fourth-order valence-electron chi connectivity index (χ4n) is 5.08. The van der Waals surface area contributed by atoms with Crippen molar-refractivity contribution in [2.45, 2.75) is 64.1 Å². The van der Waals surface area contributed by atoms with Gasteiger partial charge < -0.3 is 10.2 Å². The van der Waals surface area contributed by atoms with Crippen molar-refractivity contribution in [3.63, 3.8) is 0 Å². The summed E-state index contributed by atoms with van der Waals surface area (Å²) >= 11 is 6.32. The molecule has 4 rings (SSSR count). The Morgan fingerprint density at radius 3 is 2.04 bits per heavy atom. The average molecular weight is 646 g/mol. The topological polar surface area (TPSA) is 86.8 Å². The lowest BCUT2D eigenvalue weighted by atomic mass is 10.0. The number of benzene rings is 4. The lowest BCUT2D eigenvalue weighted by Gasteiger charge is -2.35. The molecule has 0 bridgehead atoms. The summed E-state index contributed by atoms with van der Waals surface area (Å²) < 4.78 is 29.5. The molecule has 9 heteroatoms. The molecular formula is C36H40ClN3O4S. The minimum absolute atomic E-state index is 0.0421. The molecule has 0 saturated heterocycles. The summed E-state index contributed by atoms with van der Waals surface area (Å²) in [7, 11) is -4.17. The Labute approximate surface area is 271 Å². The highest BCUT2D eigenvalue weighted by Gasteiger charge is 2.36. The van der Waals surface area contributed by atoms with Crippen LogP contribution in [0.3, 0.4) is 0 Å². The van der Waals surface area contributed by atoms with Crippen LogP contribution in [0.4, 0.5) is 5.69 Å². The van der Waals surface area contributed by atoms with Crippen LogP contribution < -0.4 is 9.62 Å². The molecular weight excluding hydrogens is 606 g/mol. The van der Waals surface area contributed by atoms with Gasteiger partial charge in [-0.3, -0.25) is 13.9 Å². The maximum atomic E-state index is 14.6. The van der Waals surface area contributed by atoms with Crippen molar-refractivity contribution < 1.29 is 18.0 Å². The molecule has 4 aromatic rings. The average Bonchev–Trinajstić information content (AvgIpc) is 2.99. The molecule has 0 fully saturated rings. The second-order valence-electron chi connectivity index (χ2n) is 12.1. The summed E-state index contributed by atoms with van der Waals surface area (Å²) in [5.41, 5.74) is 3.01. The van der Waals surface area contributed by atoms with Gasteiger partial charge in [-0.25, -0.2) is 8.42 Å². The van der Waals surface area contributed by atoms with Crippen LogP contribution in [-0.2, 0) is 32.6 Å². The molecule has 236 valence electrons. The fraction of sp³-hybridized carbons (Fsp3) is 0.278. The first kappa shape index (κ1) is 33.7. The summed E-state index contributed by atoms with van der Waals surface area (Å²) in [6.07, 6.45) is 0.226. The van der Waals surface area contributed by atoms with E-state index in [1.807, 2.05) is 77.1 Å². The van der Waals surface area contributed by atoms with E-state index < -0.39 is 34.1 Å². The number of rotatable bonds is 11. The van der Waals surface area contributed by atoms with Gasteiger partial charge in [0.05, 0.1) is 10.6 Å². The zero-order valence-electron chi connectivity index (χ0n) is 26.3. The lowest BCUT2D eigenvalue weighted by molar-refractivity contribution is -0.140. The van der Waals surface area contributed by atoms with Crippen LogP contribution in [0, 0.1) is 13.8 Å². The van der Waals surface area contributed by atoms with Crippen LogP contribution in [0.1, 0.15) is 43.0 Å².